The highest BCUT2D eigenvalue weighted by Crippen LogP contribution is 2.35. The van der Waals surface area contributed by atoms with E-state index in [-0.39, 0.29) is 11.5 Å². The van der Waals surface area contributed by atoms with E-state index in [1.165, 1.54) is 0 Å². The second-order valence-electron chi connectivity index (χ2n) is 5.40. The Bertz CT molecular complexity index is 173. The van der Waals surface area contributed by atoms with Crippen LogP contribution in [-0.4, -0.2) is 53.9 Å². The first-order valence-corrected chi connectivity index (χ1v) is 7.18. The highest BCUT2D eigenvalue weighted by Gasteiger charge is 2.29. The van der Waals surface area contributed by atoms with Crippen LogP contribution in [-0.2, 0) is 18.9 Å². The Labute approximate surface area is 118 Å². The van der Waals surface area contributed by atoms with Crippen LogP contribution in [0.2, 0.25) is 0 Å². The van der Waals surface area contributed by atoms with Gasteiger partial charge in [0.05, 0.1) is 6.10 Å². The average Bonchev–Trinajstić information content (AvgIpc) is 2.39. The summed E-state index contributed by atoms with van der Waals surface area (Å²) < 4.78 is 21.5. The molecule has 4 nitrogen and oxygen atoms in total. The summed E-state index contributed by atoms with van der Waals surface area (Å²) in [5.74, 6) is 0. The molecule has 116 valence electrons. The lowest BCUT2D eigenvalue weighted by atomic mass is 9.76. The van der Waals surface area contributed by atoms with E-state index >= 15 is 0 Å². The molecule has 0 rings (SSSR count). The van der Waals surface area contributed by atoms with Gasteiger partial charge in [-0.2, -0.15) is 0 Å². The third-order valence-electron chi connectivity index (χ3n) is 3.59. The third kappa shape index (κ3) is 9.38. The maximum Gasteiger partial charge on any atom is 0.0518 e. The van der Waals surface area contributed by atoms with Crippen molar-refractivity contribution in [3.05, 3.63) is 0 Å². The van der Waals surface area contributed by atoms with Gasteiger partial charge < -0.3 is 18.9 Å². The molecule has 4 heteroatoms. The molecule has 0 fully saturated rings. The predicted octanol–water partition coefficient (Wildman–Crippen LogP) is 2.90. The van der Waals surface area contributed by atoms with E-state index in [1.807, 2.05) is 0 Å². The summed E-state index contributed by atoms with van der Waals surface area (Å²) in [6.45, 7) is 7.25. The molecule has 0 radical (unpaired) electrons. The smallest absolute Gasteiger partial charge is 0.0518 e. The number of ether oxygens (including phenoxy) is 4. The first kappa shape index (κ1) is 18.8. The van der Waals surface area contributed by atoms with E-state index in [9.17, 15) is 0 Å². The van der Waals surface area contributed by atoms with Gasteiger partial charge >= 0.3 is 0 Å². The Balaban J connectivity index is 4.47. The Kier molecular flexibility index (Phi) is 11.6. The predicted molar refractivity (Wildman–Crippen MR) is 77.6 cm³/mol. The topological polar surface area (TPSA) is 36.9 Å². The van der Waals surface area contributed by atoms with Crippen LogP contribution in [0.4, 0.5) is 0 Å². The van der Waals surface area contributed by atoms with Gasteiger partial charge in [0.15, 0.2) is 0 Å². The molecular formula is C15H32O4. The van der Waals surface area contributed by atoms with E-state index in [2.05, 4.69) is 13.8 Å². The maximum atomic E-state index is 5.71. The van der Waals surface area contributed by atoms with Crippen molar-refractivity contribution < 1.29 is 18.9 Å². The van der Waals surface area contributed by atoms with Crippen LogP contribution in [0.3, 0.4) is 0 Å². The fourth-order valence-electron chi connectivity index (χ4n) is 2.22. The largest absolute Gasteiger partial charge is 0.385 e. The molecule has 0 atom stereocenters. The van der Waals surface area contributed by atoms with Crippen LogP contribution in [0.1, 0.15) is 39.5 Å². The Hall–Kier alpha value is -0.160. The molecule has 0 aromatic heterocycles. The van der Waals surface area contributed by atoms with Crippen LogP contribution in [0.25, 0.3) is 0 Å². The number of hydrogen-bond acceptors (Lipinski definition) is 4. The van der Waals surface area contributed by atoms with Gasteiger partial charge in [0.2, 0.25) is 0 Å². The number of methoxy groups -OCH3 is 3. The van der Waals surface area contributed by atoms with Crippen LogP contribution in [0.15, 0.2) is 0 Å². The summed E-state index contributed by atoms with van der Waals surface area (Å²) in [5.41, 5.74) is 0.191. The highest BCUT2D eigenvalue weighted by molar-refractivity contribution is 4.79. The number of rotatable bonds is 13. The molecule has 0 unspecified atom stereocenters. The minimum Gasteiger partial charge on any atom is -0.385 e. The SMILES string of the molecule is COCCC(CCOC)(CCOC)CCOC(C)C. The van der Waals surface area contributed by atoms with Crippen LogP contribution in [0, 0.1) is 5.41 Å². The monoisotopic (exact) mass is 276 g/mol. The molecule has 0 aliphatic rings. The summed E-state index contributed by atoms with van der Waals surface area (Å²) in [5, 5.41) is 0. The van der Waals surface area contributed by atoms with Gasteiger partial charge in [-0.1, -0.05) is 0 Å². The van der Waals surface area contributed by atoms with E-state index in [1.54, 1.807) is 21.3 Å². The second-order valence-corrected chi connectivity index (χ2v) is 5.40. The van der Waals surface area contributed by atoms with Gasteiger partial charge in [0.1, 0.15) is 0 Å². The van der Waals surface area contributed by atoms with E-state index in [0.29, 0.717) is 0 Å². The molecular weight excluding hydrogens is 244 g/mol. The summed E-state index contributed by atoms with van der Waals surface area (Å²) in [6.07, 6.45) is 4.39. The van der Waals surface area contributed by atoms with E-state index in [0.717, 1.165) is 52.1 Å². The molecule has 0 bridgehead atoms. The van der Waals surface area contributed by atoms with Crippen LogP contribution < -0.4 is 0 Å². The summed E-state index contributed by atoms with van der Waals surface area (Å²) in [4.78, 5) is 0. The van der Waals surface area contributed by atoms with Crippen molar-refractivity contribution >= 4 is 0 Å². The molecule has 0 N–H and O–H groups in total. The molecule has 0 heterocycles. The van der Waals surface area contributed by atoms with Gasteiger partial charge in [-0.3, -0.25) is 0 Å². The maximum absolute atomic E-state index is 5.71. The molecule has 0 saturated carbocycles. The lowest BCUT2D eigenvalue weighted by molar-refractivity contribution is 0.0116. The van der Waals surface area contributed by atoms with Gasteiger partial charge in [0, 0.05) is 47.8 Å². The van der Waals surface area contributed by atoms with E-state index in [4.69, 9.17) is 18.9 Å². The molecule has 0 spiro atoms. The highest BCUT2D eigenvalue weighted by atomic mass is 16.5. The quantitative estimate of drug-likeness (QED) is 0.518. The average molecular weight is 276 g/mol. The fourth-order valence-corrected chi connectivity index (χ4v) is 2.22. The minimum atomic E-state index is 0.191. The molecule has 19 heavy (non-hydrogen) atoms. The zero-order valence-electron chi connectivity index (χ0n) is 13.4. The molecule has 0 aromatic rings. The Morgan fingerprint density at radius 1 is 0.684 bits per heavy atom. The summed E-state index contributed by atoms with van der Waals surface area (Å²) >= 11 is 0. The van der Waals surface area contributed by atoms with Crippen LogP contribution >= 0.6 is 0 Å². The molecule has 0 aliphatic carbocycles. The van der Waals surface area contributed by atoms with Crippen molar-refractivity contribution in [1.29, 1.82) is 0 Å². The Morgan fingerprint density at radius 2 is 1.05 bits per heavy atom. The fraction of sp³-hybridized carbons (Fsp3) is 1.00. The third-order valence-corrected chi connectivity index (χ3v) is 3.59. The molecule has 0 aliphatic heterocycles. The lowest BCUT2D eigenvalue weighted by Crippen LogP contribution is -2.28. The minimum absolute atomic E-state index is 0.191. The zero-order chi connectivity index (χ0) is 14.6. The molecule has 0 saturated heterocycles. The lowest BCUT2D eigenvalue weighted by Gasteiger charge is -2.34. The van der Waals surface area contributed by atoms with Crippen molar-refractivity contribution in [3.63, 3.8) is 0 Å². The summed E-state index contributed by atoms with van der Waals surface area (Å²) in [6, 6.07) is 0. The normalized spacial score (nSPS) is 12.3. The van der Waals surface area contributed by atoms with Crippen molar-refractivity contribution in [1.82, 2.24) is 0 Å². The van der Waals surface area contributed by atoms with Crippen molar-refractivity contribution in [2.24, 2.45) is 5.41 Å². The standard InChI is InChI=1S/C15H32O4/c1-14(2)19-13-9-15(6-10-16-3,7-11-17-4)8-12-18-5/h14H,6-13H2,1-5H3. The van der Waals surface area contributed by atoms with Gasteiger partial charge in [-0.15, -0.1) is 0 Å². The van der Waals surface area contributed by atoms with Crippen LogP contribution in [0.5, 0.6) is 0 Å². The van der Waals surface area contributed by atoms with E-state index < -0.39 is 0 Å². The summed E-state index contributed by atoms with van der Waals surface area (Å²) in [7, 11) is 5.26. The first-order valence-electron chi connectivity index (χ1n) is 7.18. The molecule has 0 amide bonds. The van der Waals surface area contributed by atoms with Crippen molar-refractivity contribution in [3.8, 4) is 0 Å². The second kappa shape index (κ2) is 11.6. The van der Waals surface area contributed by atoms with Gasteiger partial charge in [-0.25, -0.2) is 0 Å². The molecule has 0 aromatic carbocycles. The Morgan fingerprint density at radius 3 is 1.37 bits per heavy atom. The number of hydrogen-bond donors (Lipinski definition) is 0. The van der Waals surface area contributed by atoms with Gasteiger partial charge in [-0.05, 0) is 44.9 Å². The van der Waals surface area contributed by atoms with Crippen molar-refractivity contribution in [2.75, 3.05) is 47.8 Å². The van der Waals surface area contributed by atoms with Gasteiger partial charge in [0.25, 0.3) is 0 Å². The van der Waals surface area contributed by atoms with Crippen molar-refractivity contribution in [2.45, 2.75) is 45.6 Å². The zero-order valence-corrected chi connectivity index (χ0v) is 13.4. The first-order chi connectivity index (χ1) is 9.10.